The van der Waals surface area contributed by atoms with Crippen molar-refractivity contribution in [3.63, 3.8) is 0 Å². The van der Waals surface area contributed by atoms with Crippen molar-refractivity contribution in [3.8, 4) is 0 Å². The van der Waals surface area contributed by atoms with Crippen LogP contribution in [-0.4, -0.2) is 22.1 Å². The summed E-state index contributed by atoms with van der Waals surface area (Å²) >= 11 is 0. The molecule has 15 heavy (non-hydrogen) atoms. The summed E-state index contributed by atoms with van der Waals surface area (Å²) in [5, 5.41) is 9.13. The molecule has 1 aromatic heterocycles. The van der Waals surface area contributed by atoms with Crippen LogP contribution in [0.3, 0.4) is 0 Å². The van der Waals surface area contributed by atoms with E-state index in [0.29, 0.717) is 0 Å². The van der Waals surface area contributed by atoms with E-state index in [1.54, 1.807) is 0 Å². The smallest absolute Gasteiger partial charge is 0.454 e. The number of allylic oxidation sites excluding steroid dienone is 1. The van der Waals surface area contributed by atoms with Crippen LogP contribution < -0.4 is 0 Å². The van der Waals surface area contributed by atoms with Gasteiger partial charge in [-0.15, -0.1) is 0 Å². The Hall–Kier alpha value is -1.85. The topological polar surface area (TPSA) is 50.2 Å². The summed E-state index contributed by atoms with van der Waals surface area (Å²) in [7, 11) is 0. The summed E-state index contributed by atoms with van der Waals surface area (Å²) in [4.78, 5) is 14.0. The van der Waals surface area contributed by atoms with Gasteiger partial charge in [0.25, 0.3) is 5.78 Å². The highest BCUT2D eigenvalue weighted by atomic mass is 19.4. The van der Waals surface area contributed by atoms with Crippen molar-refractivity contribution in [1.82, 2.24) is 4.98 Å². The Bertz CT molecular complexity index is 384. The Morgan fingerprint density at radius 1 is 1.40 bits per heavy atom. The molecule has 0 bridgehead atoms. The molecule has 0 aliphatic carbocycles. The highest BCUT2D eigenvalue weighted by Crippen LogP contribution is 2.18. The van der Waals surface area contributed by atoms with Crippen molar-refractivity contribution in [2.75, 3.05) is 0 Å². The van der Waals surface area contributed by atoms with Crippen LogP contribution in [0.2, 0.25) is 0 Å². The van der Waals surface area contributed by atoms with Gasteiger partial charge in [-0.25, -0.2) is 0 Å². The van der Waals surface area contributed by atoms with Crippen LogP contribution in [-0.2, 0) is 4.79 Å². The van der Waals surface area contributed by atoms with Gasteiger partial charge in [0, 0.05) is 12.3 Å². The van der Waals surface area contributed by atoms with Gasteiger partial charge in [0.05, 0.1) is 0 Å². The lowest BCUT2D eigenvalue weighted by atomic mass is 10.2. The second-order valence-corrected chi connectivity index (χ2v) is 2.61. The standard InChI is InChI=1S/C9H6F3NO2/c10-9(11,12)8(15)5-7(14)6-3-1-2-4-13-6/h1-5,14H. The van der Waals surface area contributed by atoms with Crippen molar-refractivity contribution >= 4 is 11.5 Å². The largest absolute Gasteiger partial charge is 0.506 e. The minimum Gasteiger partial charge on any atom is -0.506 e. The summed E-state index contributed by atoms with van der Waals surface area (Å²) < 4.78 is 35.4. The lowest BCUT2D eigenvalue weighted by Crippen LogP contribution is -2.20. The number of pyridine rings is 1. The van der Waals surface area contributed by atoms with Crippen LogP contribution >= 0.6 is 0 Å². The lowest BCUT2D eigenvalue weighted by Gasteiger charge is -2.01. The Balaban J connectivity index is 2.91. The Morgan fingerprint density at radius 2 is 2.07 bits per heavy atom. The van der Waals surface area contributed by atoms with E-state index < -0.39 is 17.7 Å². The van der Waals surface area contributed by atoms with Crippen LogP contribution in [0.25, 0.3) is 5.76 Å². The maximum Gasteiger partial charge on any atom is 0.454 e. The minimum absolute atomic E-state index is 0.0879. The van der Waals surface area contributed by atoms with Crippen LogP contribution in [0.1, 0.15) is 5.69 Å². The maximum atomic E-state index is 11.8. The molecule has 0 aliphatic heterocycles. The summed E-state index contributed by atoms with van der Waals surface area (Å²) in [5.74, 6) is -2.93. The monoisotopic (exact) mass is 217 g/mol. The molecule has 0 fully saturated rings. The molecule has 1 aromatic rings. The number of ketones is 1. The number of alkyl halides is 3. The fourth-order valence-electron chi connectivity index (χ4n) is 0.794. The minimum atomic E-state index is -4.98. The Labute approximate surface area is 82.9 Å². The second-order valence-electron chi connectivity index (χ2n) is 2.61. The zero-order valence-corrected chi connectivity index (χ0v) is 7.32. The SMILES string of the molecule is O=C(C=C(O)c1ccccn1)C(F)(F)F. The van der Waals surface area contributed by atoms with Crippen molar-refractivity contribution in [3.05, 3.63) is 36.2 Å². The molecule has 6 heteroatoms. The number of halogens is 3. The molecule has 0 unspecified atom stereocenters. The number of rotatable bonds is 2. The maximum absolute atomic E-state index is 11.8. The highest BCUT2D eigenvalue weighted by Gasteiger charge is 2.37. The lowest BCUT2D eigenvalue weighted by molar-refractivity contribution is -0.165. The molecule has 3 nitrogen and oxygen atoms in total. The van der Waals surface area contributed by atoms with Crippen LogP contribution in [0, 0.1) is 0 Å². The van der Waals surface area contributed by atoms with Gasteiger partial charge in [0.1, 0.15) is 11.5 Å². The quantitative estimate of drug-likeness (QED) is 0.609. The van der Waals surface area contributed by atoms with Gasteiger partial charge in [-0.2, -0.15) is 13.2 Å². The van der Waals surface area contributed by atoms with E-state index in [0.717, 1.165) is 0 Å². The highest BCUT2D eigenvalue weighted by molar-refractivity contribution is 5.98. The van der Waals surface area contributed by atoms with Gasteiger partial charge in [-0.1, -0.05) is 6.07 Å². The predicted octanol–water partition coefficient (Wildman–Crippen LogP) is 2.11. The fraction of sp³-hybridized carbons (Fsp3) is 0.111. The van der Waals surface area contributed by atoms with Gasteiger partial charge < -0.3 is 5.11 Å². The summed E-state index contributed by atoms with van der Waals surface area (Å²) in [6, 6.07) is 4.29. The van der Waals surface area contributed by atoms with E-state index in [-0.39, 0.29) is 11.8 Å². The molecule has 0 atom stereocenters. The first-order valence-corrected chi connectivity index (χ1v) is 3.84. The zero-order chi connectivity index (χ0) is 11.5. The number of hydrogen-bond acceptors (Lipinski definition) is 3. The van der Waals surface area contributed by atoms with Gasteiger partial charge in [-0.3, -0.25) is 9.78 Å². The summed E-state index contributed by atoms with van der Waals surface area (Å²) in [5.41, 5.74) is -0.0879. The third kappa shape index (κ3) is 3.08. The summed E-state index contributed by atoms with van der Waals surface area (Å²) in [6.45, 7) is 0. The van der Waals surface area contributed by atoms with Crippen molar-refractivity contribution in [2.24, 2.45) is 0 Å². The van der Waals surface area contributed by atoms with Crippen LogP contribution in [0.15, 0.2) is 30.5 Å². The van der Waals surface area contributed by atoms with Crippen LogP contribution in [0.4, 0.5) is 13.2 Å². The van der Waals surface area contributed by atoms with E-state index in [1.165, 1.54) is 24.4 Å². The molecule has 1 N–H and O–H groups in total. The first kappa shape index (κ1) is 11.2. The van der Waals surface area contributed by atoms with Gasteiger partial charge >= 0.3 is 6.18 Å². The summed E-state index contributed by atoms with van der Waals surface area (Å²) in [6.07, 6.45) is -3.59. The molecule has 80 valence electrons. The average Bonchev–Trinajstić information content (AvgIpc) is 2.17. The molecular weight excluding hydrogens is 211 g/mol. The number of aromatic nitrogens is 1. The molecule has 0 aliphatic rings. The molecule has 0 aromatic carbocycles. The molecule has 0 saturated carbocycles. The number of aliphatic hydroxyl groups is 1. The second kappa shape index (κ2) is 4.12. The first-order chi connectivity index (χ1) is 6.91. The van der Waals surface area contributed by atoms with Crippen LogP contribution in [0.5, 0.6) is 0 Å². The number of nitrogens with zero attached hydrogens (tertiary/aromatic N) is 1. The predicted molar refractivity (Wildman–Crippen MR) is 45.9 cm³/mol. The molecule has 1 heterocycles. The fourth-order valence-corrected chi connectivity index (χ4v) is 0.794. The average molecular weight is 217 g/mol. The van der Waals surface area contributed by atoms with Crippen molar-refractivity contribution in [1.29, 1.82) is 0 Å². The molecule has 0 radical (unpaired) electrons. The first-order valence-electron chi connectivity index (χ1n) is 3.84. The normalized spacial score (nSPS) is 12.6. The number of aliphatic hydroxyl groups excluding tert-OH is 1. The van der Waals surface area contributed by atoms with Crippen molar-refractivity contribution < 1.29 is 23.1 Å². The van der Waals surface area contributed by atoms with Gasteiger partial charge in [-0.05, 0) is 12.1 Å². The Morgan fingerprint density at radius 3 is 2.53 bits per heavy atom. The third-order valence-electron chi connectivity index (χ3n) is 1.47. The molecule has 0 spiro atoms. The van der Waals surface area contributed by atoms with E-state index in [2.05, 4.69) is 4.98 Å². The molecule has 0 saturated heterocycles. The Kier molecular flexibility index (Phi) is 3.08. The van der Waals surface area contributed by atoms with Gasteiger partial charge in [0.15, 0.2) is 0 Å². The third-order valence-corrected chi connectivity index (χ3v) is 1.47. The number of carbonyl (C=O) groups excluding carboxylic acids is 1. The van der Waals surface area contributed by atoms with Crippen molar-refractivity contribution in [2.45, 2.75) is 6.18 Å². The van der Waals surface area contributed by atoms with E-state index >= 15 is 0 Å². The molecule has 0 amide bonds. The van der Waals surface area contributed by atoms with Gasteiger partial charge in [0.2, 0.25) is 0 Å². The number of hydrogen-bond donors (Lipinski definition) is 1. The zero-order valence-electron chi connectivity index (χ0n) is 7.32. The van der Waals surface area contributed by atoms with E-state index in [1.807, 2.05) is 0 Å². The van der Waals surface area contributed by atoms with E-state index in [4.69, 9.17) is 5.11 Å². The molecule has 1 rings (SSSR count). The molecular formula is C9H6F3NO2. The number of carbonyl (C=O) groups is 1. The van der Waals surface area contributed by atoms with E-state index in [9.17, 15) is 18.0 Å².